The van der Waals surface area contributed by atoms with E-state index in [4.69, 9.17) is 5.11 Å². The van der Waals surface area contributed by atoms with Crippen molar-refractivity contribution >= 4 is 17.2 Å². The molecular formula is C12H19NO2S. The standard InChI is InChI=1S/C12H19NO2S/c1-12(2,3)16(15)13-8-10-4-6-11(9-14)7-5-10/h4,6-8,10,14H,5,9H2,1-3H3/b13-8+/t10?,16-/m0/s1. The van der Waals surface area contributed by atoms with E-state index in [-0.39, 0.29) is 17.3 Å². The second kappa shape index (κ2) is 5.55. The maximum absolute atomic E-state index is 11.7. The number of nitrogens with zero attached hydrogens (tertiary/aromatic N) is 1. The van der Waals surface area contributed by atoms with Crippen LogP contribution >= 0.6 is 0 Å². The van der Waals surface area contributed by atoms with Crippen molar-refractivity contribution in [2.45, 2.75) is 31.9 Å². The number of rotatable bonds is 3. The molecule has 1 rings (SSSR count). The van der Waals surface area contributed by atoms with Crippen LogP contribution in [0.25, 0.3) is 0 Å². The summed E-state index contributed by atoms with van der Waals surface area (Å²) in [5.41, 5.74) is 0.932. The van der Waals surface area contributed by atoms with Crippen LogP contribution in [0.5, 0.6) is 0 Å². The van der Waals surface area contributed by atoms with E-state index in [9.17, 15) is 4.21 Å². The summed E-state index contributed by atoms with van der Waals surface area (Å²) in [6.07, 6.45) is 8.41. The van der Waals surface area contributed by atoms with Crippen LogP contribution in [-0.4, -0.2) is 26.9 Å². The number of allylic oxidation sites excluding steroid dienone is 2. The van der Waals surface area contributed by atoms with E-state index in [1.54, 1.807) is 6.21 Å². The third-order valence-corrected chi connectivity index (χ3v) is 3.63. The van der Waals surface area contributed by atoms with Crippen LogP contribution in [-0.2, 0) is 11.0 Å². The summed E-state index contributed by atoms with van der Waals surface area (Å²) in [4.78, 5) is 0. The zero-order chi connectivity index (χ0) is 12.2. The van der Waals surface area contributed by atoms with Crippen LogP contribution in [0.4, 0.5) is 0 Å². The Morgan fingerprint density at radius 3 is 2.75 bits per heavy atom. The smallest absolute Gasteiger partial charge is 0.144 e. The Bertz CT molecular complexity index is 351. The van der Waals surface area contributed by atoms with Crippen molar-refractivity contribution < 1.29 is 9.32 Å². The minimum atomic E-state index is -1.18. The third kappa shape index (κ3) is 4.02. The topological polar surface area (TPSA) is 49.7 Å². The molecule has 3 nitrogen and oxygen atoms in total. The molecule has 16 heavy (non-hydrogen) atoms. The molecule has 0 saturated heterocycles. The van der Waals surface area contributed by atoms with E-state index in [0.717, 1.165) is 12.0 Å². The Morgan fingerprint density at radius 2 is 2.31 bits per heavy atom. The highest BCUT2D eigenvalue weighted by atomic mass is 32.2. The van der Waals surface area contributed by atoms with Crippen molar-refractivity contribution in [2.24, 2.45) is 10.3 Å². The molecule has 0 amide bonds. The summed E-state index contributed by atoms with van der Waals surface area (Å²) in [5.74, 6) is 0.196. The highest BCUT2D eigenvalue weighted by Gasteiger charge is 2.18. The van der Waals surface area contributed by atoms with E-state index in [1.165, 1.54) is 0 Å². The molecule has 4 heteroatoms. The van der Waals surface area contributed by atoms with Crippen LogP contribution < -0.4 is 0 Å². The summed E-state index contributed by atoms with van der Waals surface area (Å²) < 4.78 is 15.4. The SMILES string of the molecule is CC(C)(C)[S@](=O)/N=C/C1C=CC(CO)=CC1. The molecule has 1 N–H and O–H groups in total. The fourth-order valence-corrected chi connectivity index (χ4v) is 1.78. The summed E-state index contributed by atoms with van der Waals surface area (Å²) in [7, 11) is -1.18. The quantitative estimate of drug-likeness (QED) is 0.768. The molecule has 0 aromatic carbocycles. The van der Waals surface area contributed by atoms with Crippen LogP contribution in [0.15, 0.2) is 28.2 Å². The van der Waals surface area contributed by atoms with Crippen molar-refractivity contribution in [3.8, 4) is 0 Å². The van der Waals surface area contributed by atoms with Gasteiger partial charge in [0.2, 0.25) is 0 Å². The van der Waals surface area contributed by atoms with E-state index < -0.39 is 11.0 Å². The van der Waals surface area contributed by atoms with Crippen LogP contribution in [0.3, 0.4) is 0 Å². The molecule has 0 bridgehead atoms. The first-order valence-electron chi connectivity index (χ1n) is 5.38. The van der Waals surface area contributed by atoms with E-state index in [0.29, 0.717) is 0 Å². The molecule has 1 aliphatic carbocycles. The second-order valence-electron chi connectivity index (χ2n) is 4.81. The molecule has 0 heterocycles. The van der Waals surface area contributed by atoms with Gasteiger partial charge in [0.25, 0.3) is 0 Å². The zero-order valence-corrected chi connectivity index (χ0v) is 10.8. The van der Waals surface area contributed by atoms with Gasteiger partial charge in [-0.2, -0.15) is 4.40 Å². The summed E-state index contributed by atoms with van der Waals surface area (Å²) in [6, 6.07) is 0. The first-order valence-corrected chi connectivity index (χ1v) is 6.48. The molecule has 0 radical (unpaired) electrons. The average molecular weight is 241 g/mol. The molecule has 1 unspecified atom stereocenters. The lowest BCUT2D eigenvalue weighted by atomic mass is 9.98. The van der Waals surface area contributed by atoms with Gasteiger partial charge in [-0.05, 0) is 32.8 Å². The summed E-state index contributed by atoms with van der Waals surface area (Å²) in [6.45, 7) is 5.79. The lowest BCUT2D eigenvalue weighted by Gasteiger charge is -2.14. The van der Waals surface area contributed by atoms with Crippen molar-refractivity contribution in [2.75, 3.05) is 6.61 Å². The van der Waals surface area contributed by atoms with Gasteiger partial charge in [-0.25, -0.2) is 4.21 Å². The maximum Gasteiger partial charge on any atom is 0.144 e. The van der Waals surface area contributed by atoms with Crippen LogP contribution in [0.2, 0.25) is 0 Å². The lowest BCUT2D eigenvalue weighted by molar-refractivity contribution is 0.334. The van der Waals surface area contributed by atoms with Crippen molar-refractivity contribution in [1.82, 2.24) is 0 Å². The van der Waals surface area contributed by atoms with Gasteiger partial charge < -0.3 is 5.11 Å². The van der Waals surface area contributed by atoms with E-state index in [2.05, 4.69) is 4.40 Å². The lowest BCUT2D eigenvalue weighted by Crippen LogP contribution is -2.20. The fraction of sp³-hybridized carbons (Fsp3) is 0.583. The first-order chi connectivity index (χ1) is 7.43. The van der Waals surface area contributed by atoms with Gasteiger partial charge in [-0.1, -0.05) is 18.2 Å². The summed E-state index contributed by atoms with van der Waals surface area (Å²) >= 11 is 0. The van der Waals surface area contributed by atoms with Crippen molar-refractivity contribution in [3.05, 3.63) is 23.8 Å². The van der Waals surface area contributed by atoms with Gasteiger partial charge in [-0.15, -0.1) is 0 Å². The van der Waals surface area contributed by atoms with E-state index in [1.807, 2.05) is 39.0 Å². The largest absolute Gasteiger partial charge is 0.392 e. The van der Waals surface area contributed by atoms with Gasteiger partial charge in [0, 0.05) is 12.1 Å². The molecule has 0 aromatic rings. The maximum atomic E-state index is 11.7. The van der Waals surface area contributed by atoms with Crippen LogP contribution in [0.1, 0.15) is 27.2 Å². The monoisotopic (exact) mass is 241 g/mol. The first kappa shape index (κ1) is 13.3. The Morgan fingerprint density at radius 1 is 1.62 bits per heavy atom. The number of aliphatic hydroxyl groups excluding tert-OH is 1. The minimum Gasteiger partial charge on any atom is -0.392 e. The van der Waals surface area contributed by atoms with Gasteiger partial charge in [0.15, 0.2) is 0 Å². The normalized spacial score (nSPS) is 23.5. The highest BCUT2D eigenvalue weighted by molar-refractivity contribution is 7.85. The molecule has 0 aromatic heterocycles. The Hall–Kier alpha value is -0.740. The number of aliphatic hydroxyl groups is 1. The molecule has 90 valence electrons. The van der Waals surface area contributed by atoms with Gasteiger partial charge in [-0.3, -0.25) is 0 Å². The molecule has 0 saturated carbocycles. The predicted octanol–water partition coefficient (Wildman–Crippen LogP) is 2.01. The Labute approximate surface area is 99.6 Å². The third-order valence-electron chi connectivity index (χ3n) is 2.26. The molecule has 2 atom stereocenters. The molecule has 1 aliphatic rings. The Kier molecular flexibility index (Phi) is 4.62. The number of hydrogen-bond acceptors (Lipinski definition) is 2. The average Bonchev–Trinajstić information content (AvgIpc) is 2.25. The van der Waals surface area contributed by atoms with Gasteiger partial charge in [0.05, 0.1) is 11.4 Å². The fourth-order valence-electron chi connectivity index (χ4n) is 1.20. The zero-order valence-electron chi connectivity index (χ0n) is 10.0. The van der Waals surface area contributed by atoms with Gasteiger partial charge >= 0.3 is 0 Å². The molecule has 0 aliphatic heterocycles. The highest BCUT2D eigenvalue weighted by Crippen LogP contribution is 2.16. The predicted molar refractivity (Wildman–Crippen MR) is 68.8 cm³/mol. The second-order valence-corrected chi connectivity index (χ2v) is 6.75. The van der Waals surface area contributed by atoms with Gasteiger partial charge in [0.1, 0.15) is 11.0 Å². The molecule has 0 fully saturated rings. The van der Waals surface area contributed by atoms with Crippen molar-refractivity contribution in [3.63, 3.8) is 0 Å². The van der Waals surface area contributed by atoms with Crippen LogP contribution in [0, 0.1) is 5.92 Å². The van der Waals surface area contributed by atoms with E-state index >= 15 is 0 Å². The minimum absolute atomic E-state index is 0.0777. The molecular weight excluding hydrogens is 222 g/mol. The van der Waals surface area contributed by atoms with Crippen molar-refractivity contribution in [1.29, 1.82) is 0 Å². The Balaban J connectivity index is 2.53. The number of hydrogen-bond donors (Lipinski definition) is 1. The summed E-state index contributed by atoms with van der Waals surface area (Å²) in [5, 5.41) is 8.90. The molecule has 0 spiro atoms.